The number of aliphatic imine (C=N–C) groups is 1. The number of nitrogens with two attached hydrogens (primary N) is 1. The Labute approximate surface area is 77.3 Å². The number of benzene rings is 1. The van der Waals surface area contributed by atoms with Crippen LogP contribution in [0.4, 0.5) is 10.1 Å². The van der Waals surface area contributed by atoms with Gasteiger partial charge in [-0.1, -0.05) is 6.92 Å². The fraction of sp³-hybridized carbons (Fsp3) is 0.300. The summed E-state index contributed by atoms with van der Waals surface area (Å²) in [6.45, 7) is 2.03. The maximum Gasteiger partial charge on any atom is 0.123 e. The Morgan fingerprint density at radius 1 is 1.38 bits per heavy atom. The molecule has 0 heterocycles. The lowest BCUT2D eigenvalue weighted by atomic mass is 10.3. The largest absolute Gasteiger partial charge is 0.387 e. The van der Waals surface area contributed by atoms with Crippen molar-refractivity contribution in [3.8, 4) is 0 Å². The van der Waals surface area contributed by atoms with Crippen LogP contribution in [0.1, 0.15) is 19.8 Å². The molecule has 0 aliphatic heterocycles. The van der Waals surface area contributed by atoms with E-state index in [2.05, 4.69) is 4.99 Å². The lowest BCUT2D eigenvalue weighted by Gasteiger charge is -1.97. The highest BCUT2D eigenvalue weighted by Crippen LogP contribution is 2.12. The standard InChI is InChI=1S/C10H13FN2/c1-2-3-10(12)13-9-6-4-8(11)5-7-9/h4-7H,2-3H2,1H3,(H2,12,13). The van der Waals surface area contributed by atoms with Crippen molar-refractivity contribution < 1.29 is 4.39 Å². The minimum absolute atomic E-state index is 0.256. The van der Waals surface area contributed by atoms with Crippen LogP contribution in [0.5, 0.6) is 0 Å². The molecule has 2 N–H and O–H groups in total. The summed E-state index contributed by atoms with van der Waals surface area (Å²) in [5, 5.41) is 0. The molecule has 0 unspecified atom stereocenters. The molecule has 1 aromatic carbocycles. The summed E-state index contributed by atoms with van der Waals surface area (Å²) in [4.78, 5) is 4.12. The highest BCUT2D eigenvalue weighted by molar-refractivity contribution is 5.82. The van der Waals surface area contributed by atoms with Gasteiger partial charge in [-0.15, -0.1) is 0 Å². The first-order valence-electron chi connectivity index (χ1n) is 4.31. The summed E-state index contributed by atoms with van der Waals surface area (Å²) in [5.74, 6) is 0.335. The van der Waals surface area contributed by atoms with Gasteiger partial charge in [0.15, 0.2) is 0 Å². The third kappa shape index (κ3) is 3.23. The first kappa shape index (κ1) is 9.71. The van der Waals surface area contributed by atoms with Crippen LogP contribution in [-0.4, -0.2) is 5.84 Å². The molecule has 0 radical (unpaired) electrons. The van der Waals surface area contributed by atoms with Gasteiger partial charge in [-0.05, 0) is 30.7 Å². The monoisotopic (exact) mass is 180 g/mol. The van der Waals surface area contributed by atoms with Crippen molar-refractivity contribution in [2.45, 2.75) is 19.8 Å². The summed E-state index contributed by atoms with van der Waals surface area (Å²) in [6.07, 6.45) is 1.74. The molecule has 1 rings (SSSR count). The van der Waals surface area contributed by atoms with Crippen LogP contribution in [0.2, 0.25) is 0 Å². The fourth-order valence-electron chi connectivity index (χ4n) is 0.993. The molecule has 0 fully saturated rings. The summed E-state index contributed by atoms with van der Waals surface area (Å²) in [7, 11) is 0. The molecule has 70 valence electrons. The second-order valence-corrected chi connectivity index (χ2v) is 2.83. The second-order valence-electron chi connectivity index (χ2n) is 2.83. The maximum absolute atomic E-state index is 12.5. The Morgan fingerprint density at radius 3 is 2.54 bits per heavy atom. The van der Waals surface area contributed by atoms with Crippen molar-refractivity contribution in [3.63, 3.8) is 0 Å². The van der Waals surface area contributed by atoms with Gasteiger partial charge in [0.25, 0.3) is 0 Å². The molecule has 13 heavy (non-hydrogen) atoms. The maximum atomic E-state index is 12.5. The molecule has 0 amide bonds. The van der Waals surface area contributed by atoms with Crippen molar-refractivity contribution in [1.29, 1.82) is 0 Å². The Bertz CT molecular complexity index is 290. The molecule has 0 bridgehead atoms. The summed E-state index contributed by atoms with van der Waals surface area (Å²) in [6, 6.07) is 5.96. The Hall–Kier alpha value is -1.38. The Kier molecular flexibility index (Phi) is 3.43. The highest BCUT2D eigenvalue weighted by atomic mass is 19.1. The van der Waals surface area contributed by atoms with Crippen molar-refractivity contribution >= 4 is 11.5 Å². The average molecular weight is 180 g/mol. The quantitative estimate of drug-likeness (QED) is 0.563. The zero-order valence-corrected chi connectivity index (χ0v) is 7.63. The third-order valence-electron chi connectivity index (χ3n) is 1.61. The van der Waals surface area contributed by atoms with Crippen molar-refractivity contribution in [2.75, 3.05) is 0 Å². The van der Waals surface area contributed by atoms with Crippen LogP contribution in [0.15, 0.2) is 29.3 Å². The van der Waals surface area contributed by atoms with E-state index in [4.69, 9.17) is 5.73 Å². The zero-order valence-electron chi connectivity index (χ0n) is 7.63. The molecule has 0 saturated heterocycles. The molecule has 0 aliphatic carbocycles. The minimum Gasteiger partial charge on any atom is -0.387 e. The number of nitrogens with zero attached hydrogens (tertiary/aromatic N) is 1. The molecule has 1 aromatic rings. The fourth-order valence-corrected chi connectivity index (χ4v) is 0.993. The number of hydrogen-bond acceptors (Lipinski definition) is 1. The van der Waals surface area contributed by atoms with E-state index in [1.54, 1.807) is 12.1 Å². The molecule has 2 nitrogen and oxygen atoms in total. The minimum atomic E-state index is -0.256. The van der Waals surface area contributed by atoms with E-state index < -0.39 is 0 Å². The van der Waals surface area contributed by atoms with E-state index in [0.717, 1.165) is 12.8 Å². The zero-order chi connectivity index (χ0) is 9.68. The van der Waals surface area contributed by atoms with Crippen LogP contribution in [0, 0.1) is 5.82 Å². The topological polar surface area (TPSA) is 38.4 Å². The van der Waals surface area contributed by atoms with Gasteiger partial charge in [0.2, 0.25) is 0 Å². The summed E-state index contributed by atoms with van der Waals surface area (Å²) >= 11 is 0. The third-order valence-corrected chi connectivity index (χ3v) is 1.61. The number of halogens is 1. The van der Waals surface area contributed by atoms with Gasteiger partial charge in [-0.25, -0.2) is 9.38 Å². The molecule has 3 heteroatoms. The van der Waals surface area contributed by atoms with E-state index in [1.807, 2.05) is 6.92 Å². The summed E-state index contributed by atoms with van der Waals surface area (Å²) < 4.78 is 12.5. The number of hydrogen-bond donors (Lipinski definition) is 1. The van der Waals surface area contributed by atoms with Crippen LogP contribution < -0.4 is 5.73 Å². The van der Waals surface area contributed by atoms with Crippen molar-refractivity contribution in [2.24, 2.45) is 10.7 Å². The average Bonchev–Trinajstić information content (AvgIpc) is 2.09. The number of rotatable bonds is 3. The van der Waals surface area contributed by atoms with Crippen molar-refractivity contribution in [3.05, 3.63) is 30.1 Å². The molecule has 0 aliphatic rings. The Balaban J connectivity index is 2.73. The smallest absolute Gasteiger partial charge is 0.123 e. The first-order valence-corrected chi connectivity index (χ1v) is 4.31. The summed E-state index contributed by atoms with van der Waals surface area (Å²) in [5.41, 5.74) is 6.31. The van der Waals surface area contributed by atoms with Crippen LogP contribution in [-0.2, 0) is 0 Å². The molecular formula is C10H13FN2. The molecule has 0 aromatic heterocycles. The van der Waals surface area contributed by atoms with Gasteiger partial charge < -0.3 is 5.73 Å². The SMILES string of the molecule is CCCC(N)=Nc1ccc(F)cc1. The van der Waals surface area contributed by atoms with E-state index >= 15 is 0 Å². The molecule has 0 spiro atoms. The van der Waals surface area contributed by atoms with Gasteiger partial charge >= 0.3 is 0 Å². The molecule has 0 atom stereocenters. The van der Waals surface area contributed by atoms with Gasteiger partial charge in [-0.2, -0.15) is 0 Å². The van der Waals surface area contributed by atoms with Crippen LogP contribution in [0.25, 0.3) is 0 Å². The Morgan fingerprint density at radius 2 is 2.00 bits per heavy atom. The van der Waals surface area contributed by atoms with Crippen molar-refractivity contribution in [1.82, 2.24) is 0 Å². The second kappa shape index (κ2) is 4.60. The van der Waals surface area contributed by atoms with Gasteiger partial charge in [0.1, 0.15) is 5.82 Å². The normalized spacial score (nSPS) is 11.7. The van der Waals surface area contributed by atoms with E-state index in [1.165, 1.54) is 12.1 Å². The van der Waals surface area contributed by atoms with E-state index in [0.29, 0.717) is 11.5 Å². The number of amidine groups is 1. The van der Waals surface area contributed by atoms with E-state index in [9.17, 15) is 4.39 Å². The van der Waals surface area contributed by atoms with Gasteiger partial charge in [0, 0.05) is 6.42 Å². The molecular weight excluding hydrogens is 167 g/mol. The van der Waals surface area contributed by atoms with Crippen LogP contribution in [0.3, 0.4) is 0 Å². The van der Waals surface area contributed by atoms with E-state index in [-0.39, 0.29) is 5.82 Å². The molecule has 0 saturated carbocycles. The highest BCUT2D eigenvalue weighted by Gasteiger charge is 1.93. The lowest BCUT2D eigenvalue weighted by molar-refractivity contribution is 0.628. The van der Waals surface area contributed by atoms with Gasteiger partial charge in [-0.3, -0.25) is 0 Å². The van der Waals surface area contributed by atoms with Gasteiger partial charge in [0.05, 0.1) is 11.5 Å². The van der Waals surface area contributed by atoms with Crippen LogP contribution >= 0.6 is 0 Å². The predicted molar refractivity (Wildman–Crippen MR) is 52.6 cm³/mol. The lowest BCUT2D eigenvalue weighted by Crippen LogP contribution is -2.09. The first-order chi connectivity index (χ1) is 6.22. The predicted octanol–water partition coefficient (Wildman–Crippen LogP) is 2.61.